The van der Waals surface area contributed by atoms with Crippen molar-refractivity contribution in [2.45, 2.75) is 45.4 Å². The third kappa shape index (κ3) is 3.80. The van der Waals surface area contributed by atoms with Gasteiger partial charge in [-0.3, -0.25) is 9.48 Å². The van der Waals surface area contributed by atoms with E-state index in [1.165, 1.54) is 9.88 Å². The average molecular weight is 332 g/mol. The van der Waals surface area contributed by atoms with Crippen LogP contribution < -0.4 is 0 Å². The second-order valence-electron chi connectivity index (χ2n) is 6.39. The molecule has 0 bridgehead atoms. The summed E-state index contributed by atoms with van der Waals surface area (Å²) in [7, 11) is 1.90. The molecule has 1 aliphatic heterocycles. The fraction of sp³-hybridized carbons (Fsp3) is 0.588. The molecule has 1 amide bonds. The first-order valence-corrected chi connectivity index (χ1v) is 9.04. The molecule has 1 aliphatic rings. The standard InChI is InChI=1S/C17H24N4OS/c1-12-13(2)23-17(19-12)15-5-4-8-21(11-15)16(22)7-6-14-9-18-20(3)10-14/h9-10,15H,4-8,11H2,1-3H3/t15-/m0/s1. The minimum Gasteiger partial charge on any atom is -0.342 e. The molecule has 0 spiro atoms. The van der Waals surface area contributed by atoms with Gasteiger partial charge in [0.1, 0.15) is 0 Å². The molecular formula is C17H24N4OS. The SMILES string of the molecule is Cc1nc([C@H]2CCCN(C(=O)CCc3cnn(C)c3)C2)sc1C. The summed E-state index contributed by atoms with van der Waals surface area (Å²) in [6.07, 6.45) is 7.36. The first-order chi connectivity index (χ1) is 11.0. The molecule has 1 fully saturated rings. The molecule has 0 unspecified atom stereocenters. The number of piperidine rings is 1. The monoisotopic (exact) mass is 332 g/mol. The van der Waals surface area contributed by atoms with Crippen molar-refractivity contribution in [3.8, 4) is 0 Å². The number of likely N-dealkylation sites (tertiary alicyclic amines) is 1. The highest BCUT2D eigenvalue weighted by Crippen LogP contribution is 2.31. The van der Waals surface area contributed by atoms with Gasteiger partial charge in [0.25, 0.3) is 0 Å². The average Bonchev–Trinajstić information content (AvgIpc) is 3.11. The summed E-state index contributed by atoms with van der Waals surface area (Å²) in [6, 6.07) is 0. The lowest BCUT2D eigenvalue weighted by Crippen LogP contribution is -2.39. The van der Waals surface area contributed by atoms with Crippen molar-refractivity contribution in [2.75, 3.05) is 13.1 Å². The molecule has 2 aromatic heterocycles. The Hall–Kier alpha value is -1.69. The van der Waals surface area contributed by atoms with Crippen LogP contribution in [-0.4, -0.2) is 38.7 Å². The fourth-order valence-electron chi connectivity index (χ4n) is 3.09. The maximum atomic E-state index is 12.5. The molecule has 0 aliphatic carbocycles. The van der Waals surface area contributed by atoms with E-state index in [0.717, 1.165) is 43.6 Å². The van der Waals surface area contributed by atoms with Gasteiger partial charge in [-0.15, -0.1) is 11.3 Å². The molecule has 0 saturated carbocycles. The first-order valence-electron chi connectivity index (χ1n) is 8.22. The quantitative estimate of drug-likeness (QED) is 0.865. The Morgan fingerprint density at radius 1 is 1.43 bits per heavy atom. The van der Waals surface area contributed by atoms with E-state index in [-0.39, 0.29) is 5.91 Å². The van der Waals surface area contributed by atoms with Gasteiger partial charge in [0.05, 0.1) is 16.9 Å². The molecule has 6 heteroatoms. The summed E-state index contributed by atoms with van der Waals surface area (Å²) in [6.45, 7) is 5.88. The van der Waals surface area contributed by atoms with Crippen molar-refractivity contribution in [1.29, 1.82) is 0 Å². The summed E-state index contributed by atoms with van der Waals surface area (Å²) in [5, 5.41) is 5.35. The Morgan fingerprint density at radius 3 is 2.91 bits per heavy atom. The van der Waals surface area contributed by atoms with E-state index >= 15 is 0 Å². The van der Waals surface area contributed by atoms with E-state index in [1.54, 1.807) is 16.0 Å². The van der Waals surface area contributed by atoms with Gasteiger partial charge >= 0.3 is 0 Å². The fourth-order valence-corrected chi connectivity index (χ4v) is 4.14. The van der Waals surface area contributed by atoms with E-state index in [0.29, 0.717) is 12.3 Å². The predicted molar refractivity (Wildman–Crippen MR) is 91.7 cm³/mol. The molecule has 3 heterocycles. The minimum absolute atomic E-state index is 0.253. The number of amides is 1. The Bertz CT molecular complexity index is 671. The second kappa shape index (κ2) is 6.83. The summed E-state index contributed by atoms with van der Waals surface area (Å²) in [4.78, 5) is 20.5. The van der Waals surface area contributed by atoms with Gasteiger partial charge in [-0.05, 0) is 38.7 Å². The Labute approximate surface area is 141 Å². The molecule has 5 nitrogen and oxygen atoms in total. The lowest BCUT2D eigenvalue weighted by atomic mass is 9.98. The molecular weight excluding hydrogens is 308 g/mol. The van der Waals surface area contributed by atoms with Gasteiger partial charge in [0, 0.05) is 43.5 Å². The Kier molecular flexibility index (Phi) is 4.80. The molecule has 1 saturated heterocycles. The zero-order valence-electron chi connectivity index (χ0n) is 14.1. The number of carbonyl (C=O) groups excluding carboxylic acids is 1. The number of aryl methyl sites for hydroxylation is 4. The third-order valence-corrected chi connectivity index (χ3v) is 5.79. The summed E-state index contributed by atoms with van der Waals surface area (Å²) >= 11 is 1.79. The van der Waals surface area contributed by atoms with Crippen LogP contribution in [0.25, 0.3) is 0 Å². The summed E-state index contributed by atoms with van der Waals surface area (Å²) in [5.74, 6) is 0.659. The van der Waals surface area contributed by atoms with Crippen LogP contribution in [0.15, 0.2) is 12.4 Å². The van der Waals surface area contributed by atoms with Crippen LogP contribution in [0.5, 0.6) is 0 Å². The largest absolute Gasteiger partial charge is 0.342 e. The number of rotatable bonds is 4. The van der Waals surface area contributed by atoms with E-state index in [9.17, 15) is 4.79 Å². The van der Waals surface area contributed by atoms with Gasteiger partial charge in [0.2, 0.25) is 5.91 Å². The number of aromatic nitrogens is 3. The van der Waals surface area contributed by atoms with Crippen LogP contribution >= 0.6 is 11.3 Å². The van der Waals surface area contributed by atoms with Crippen molar-refractivity contribution >= 4 is 17.2 Å². The topological polar surface area (TPSA) is 51.0 Å². The van der Waals surface area contributed by atoms with E-state index in [1.807, 2.05) is 24.3 Å². The van der Waals surface area contributed by atoms with Crippen molar-refractivity contribution < 1.29 is 4.79 Å². The number of carbonyl (C=O) groups is 1. The molecule has 0 N–H and O–H groups in total. The molecule has 124 valence electrons. The summed E-state index contributed by atoms with van der Waals surface area (Å²) in [5.41, 5.74) is 2.26. The number of hydrogen-bond acceptors (Lipinski definition) is 4. The lowest BCUT2D eigenvalue weighted by Gasteiger charge is -2.32. The number of thiazole rings is 1. The predicted octanol–water partition coefficient (Wildman–Crippen LogP) is 2.83. The number of nitrogens with zero attached hydrogens (tertiary/aromatic N) is 4. The van der Waals surface area contributed by atoms with Crippen molar-refractivity contribution in [3.05, 3.63) is 33.5 Å². The Morgan fingerprint density at radius 2 is 2.26 bits per heavy atom. The van der Waals surface area contributed by atoms with E-state index < -0.39 is 0 Å². The lowest BCUT2D eigenvalue weighted by molar-refractivity contribution is -0.132. The zero-order chi connectivity index (χ0) is 16.4. The highest BCUT2D eigenvalue weighted by Gasteiger charge is 2.26. The van der Waals surface area contributed by atoms with Crippen molar-refractivity contribution in [2.24, 2.45) is 7.05 Å². The van der Waals surface area contributed by atoms with Crippen molar-refractivity contribution in [3.63, 3.8) is 0 Å². The van der Waals surface area contributed by atoms with Gasteiger partial charge < -0.3 is 4.90 Å². The van der Waals surface area contributed by atoms with Gasteiger partial charge in [-0.2, -0.15) is 5.10 Å². The van der Waals surface area contributed by atoms with Crippen LogP contribution in [0.4, 0.5) is 0 Å². The number of hydrogen-bond donors (Lipinski definition) is 0. The highest BCUT2D eigenvalue weighted by molar-refractivity contribution is 7.11. The maximum absolute atomic E-state index is 12.5. The molecule has 2 aromatic rings. The first kappa shape index (κ1) is 16.2. The molecule has 0 aromatic carbocycles. The van der Waals surface area contributed by atoms with Gasteiger partial charge in [-0.25, -0.2) is 4.98 Å². The van der Waals surface area contributed by atoms with E-state index in [4.69, 9.17) is 4.98 Å². The highest BCUT2D eigenvalue weighted by atomic mass is 32.1. The van der Waals surface area contributed by atoms with E-state index in [2.05, 4.69) is 18.9 Å². The van der Waals surface area contributed by atoms with Gasteiger partial charge in [0.15, 0.2) is 0 Å². The molecule has 23 heavy (non-hydrogen) atoms. The minimum atomic E-state index is 0.253. The second-order valence-corrected chi connectivity index (χ2v) is 7.63. The molecule has 1 atom stereocenters. The third-order valence-electron chi connectivity index (χ3n) is 4.55. The van der Waals surface area contributed by atoms with Crippen LogP contribution in [-0.2, 0) is 18.3 Å². The Balaban J connectivity index is 1.58. The maximum Gasteiger partial charge on any atom is 0.222 e. The van der Waals surface area contributed by atoms with Crippen molar-refractivity contribution in [1.82, 2.24) is 19.7 Å². The van der Waals surface area contributed by atoms with Crippen LogP contribution in [0, 0.1) is 13.8 Å². The normalized spacial score (nSPS) is 18.4. The van der Waals surface area contributed by atoms with Crippen LogP contribution in [0.3, 0.4) is 0 Å². The smallest absolute Gasteiger partial charge is 0.222 e. The van der Waals surface area contributed by atoms with Crippen LogP contribution in [0.2, 0.25) is 0 Å². The van der Waals surface area contributed by atoms with Gasteiger partial charge in [-0.1, -0.05) is 0 Å². The molecule has 0 radical (unpaired) electrons. The van der Waals surface area contributed by atoms with Crippen LogP contribution in [0.1, 0.15) is 46.3 Å². The zero-order valence-corrected chi connectivity index (χ0v) is 14.9. The summed E-state index contributed by atoms with van der Waals surface area (Å²) < 4.78 is 1.78. The molecule has 3 rings (SSSR count).